The van der Waals surface area contributed by atoms with E-state index in [1.54, 1.807) is 59.4 Å². The quantitative estimate of drug-likeness (QED) is 0.306. The molecule has 0 aliphatic carbocycles. The number of nitrogens with one attached hydrogen (secondary N) is 1. The molecule has 0 saturated carbocycles. The maximum Gasteiger partial charge on any atom is 0.253 e. The van der Waals surface area contributed by atoms with Gasteiger partial charge in [-0.15, -0.1) is 5.10 Å². The summed E-state index contributed by atoms with van der Waals surface area (Å²) in [5, 5.41) is 23.8. The number of methoxy groups -OCH3 is 1. The molecule has 4 rings (SSSR count). The molecule has 0 aliphatic rings. The van der Waals surface area contributed by atoms with Gasteiger partial charge in [0, 0.05) is 36.6 Å². The van der Waals surface area contributed by atoms with Crippen LogP contribution in [0.25, 0.3) is 11.1 Å². The molecule has 0 spiro atoms. The second-order valence-electron chi connectivity index (χ2n) is 8.60. The normalized spacial score (nSPS) is 11.4. The van der Waals surface area contributed by atoms with Crippen molar-refractivity contribution in [1.29, 1.82) is 5.26 Å². The van der Waals surface area contributed by atoms with E-state index in [1.807, 2.05) is 26.8 Å². The molecule has 12 nitrogen and oxygen atoms in total. The molecule has 2 aromatic heterocycles. The summed E-state index contributed by atoms with van der Waals surface area (Å²) >= 11 is 0. The van der Waals surface area contributed by atoms with Crippen molar-refractivity contribution >= 4 is 17.5 Å². The van der Waals surface area contributed by atoms with Crippen LogP contribution >= 0.6 is 0 Å². The van der Waals surface area contributed by atoms with Gasteiger partial charge in [-0.05, 0) is 67.1 Å². The average Bonchev–Trinajstić information content (AvgIpc) is 3.47. The molecule has 200 valence electrons. The predicted molar refractivity (Wildman–Crippen MR) is 144 cm³/mol. The minimum absolute atomic E-state index is 0.0546. The Bertz CT molecular complexity index is 1450. The molecule has 1 amide bonds. The molecular formula is C27H29N9O3. The Kier molecular flexibility index (Phi) is 8.63. The zero-order chi connectivity index (χ0) is 27.8. The van der Waals surface area contributed by atoms with Crippen LogP contribution < -0.4 is 14.8 Å². The van der Waals surface area contributed by atoms with Gasteiger partial charge in [0.2, 0.25) is 5.95 Å². The third-order valence-corrected chi connectivity index (χ3v) is 6.00. The molecule has 0 radical (unpaired) electrons. The van der Waals surface area contributed by atoms with Crippen LogP contribution in [0.1, 0.15) is 36.7 Å². The number of amides is 1. The van der Waals surface area contributed by atoms with E-state index < -0.39 is 0 Å². The van der Waals surface area contributed by atoms with Crippen LogP contribution in [0.3, 0.4) is 0 Å². The Hall–Kier alpha value is -5.05. The molecule has 0 unspecified atom stereocenters. The van der Waals surface area contributed by atoms with Crippen LogP contribution in [-0.2, 0) is 6.54 Å². The highest BCUT2D eigenvalue weighted by Crippen LogP contribution is 2.30. The van der Waals surface area contributed by atoms with E-state index in [4.69, 9.17) is 9.47 Å². The fourth-order valence-corrected chi connectivity index (χ4v) is 3.96. The lowest BCUT2D eigenvalue weighted by Crippen LogP contribution is -2.30. The smallest absolute Gasteiger partial charge is 0.253 e. The molecule has 0 aliphatic heterocycles. The highest BCUT2D eigenvalue weighted by atomic mass is 16.5. The fraction of sp³-hybridized carbons (Fsp3) is 0.296. The molecule has 39 heavy (non-hydrogen) atoms. The monoisotopic (exact) mass is 527 g/mol. The summed E-state index contributed by atoms with van der Waals surface area (Å²) in [6.07, 6.45) is 4.58. The number of ether oxygens (including phenoxy) is 2. The van der Waals surface area contributed by atoms with Crippen LogP contribution in [-0.4, -0.2) is 67.3 Å². The van der Waals surface area contributed by atoms with Crippen molar-refractivity contribution in [3.8, 4) is 28.7 Å². The predicted octanol–water partition coefficient (Wildman–Crippen LogP) is 3.70. The second-order valence-corrected chi connectivity index (χ2v) is 8.60. The van der Waals surface area contributed by atoms with Crippen molar-refractivity contribution in [1.82, 2.24) is 35.1 Å². The lowest BCUT2D eigenvalue weighted by Gasteiger charge is -2.19. The van der Waals surface area contributed by atoms with Gasteiger partial charge in [-0.1, -0.05) is 6.07 Å². The molecule has 4 aromatic rings. The number of anilines is 2. The lowest BCUT2D eigenvalue weighted by molar-refractivity contribution is 0.0772. The van der Waals surface area contributed by atoms with Crippen LogP contribution in [0, 0.1) is 11.3 Å². The number of carbonyl (C=O) groups is 1. The minimum atomic E-state index is -0.276. The Morgan fingerprint density at radius 2 is 1.87 bits per heavy atom. The van der Waals surface area contributed by atoms with Gasteiger partial charge in [0.1, 0.15) is 30.0 Å². The summed E-state index contributed by atoms with van der Waals surface area (Å²) in [6, 6.07) is 12.7. The summed E-state index contributed by atoms with van der Waals surface area (Å²) in [5.74, 6) is 1.26. The maximum atomic E-state index is 12.7. The van der Waals surface area contributed by atoms with Gasteiger partial charge < -0.3 is 19.7 Å². The van der Waals surface area contributed by atoms with Crippen molar-refractivity contribution in [2.24, 2.45) is 0 Å². The van der Waals surface area contributed by atoms with Crippen LogP contribution in [0.15, 0.2) is 55.1 Å². The van der Waals surface area contributed by atoms with Gasteiger partial charge in [0.15, 0.2) is 0 Å². The Morgan fingerprint density at radius 1 is 1.10 bits per heavy atom. The molecule has 12 heteroatoms. The molecule has 0 bridgehead atoms. The first kappa shape index (κ1) is 27.0. The standard InChI is InChI=1S/C27H29N9O3/c1-5-35(6-2)26(37)20-9-10-23(25(12-20)38-4)32-27-29-14-22(15-30-27)19-7-8-21(13-28)24(11-19)39-18(3)16-36-17-31-33-34-36/h7-12,14-15,17-18H,5-6,16H2,1-4H3,(H,29,30,32)/t18-/m0/s1. The van der Waals surface area contributed by atoms with E-state index in [-0.39, 0.29) is 12.0 Å². The van der Waals surface area contributed by atoms with E-state index in [0.29, 0.717) is 53.9 Å². The average molecular weight is 528 g/mol. The van der Waals surface area contributed by atoms with Crippen molar-refractivity contribution in [2.45, 2.75) is 33.4 Å². The summed E-state index contributed by atoms with van der Waals surface area (Å²) in [7, 11) is 1.55. The molecular weight excluding hydrogens is 498 g/mol. The zero-order valence-corrected chi connectivity index (χ0v) is 22.2. The van der Waals surface area contributed by atoms with Crippen LogP contribution in [0.2, 0.25) is 0 Å². The summed E-state index contributed by atoms with van der Waals surface area (Å²) in [6.45, 7) is 7.45. The number of hydrogen-bond acceptors (Lipinski definition) is 10. The SMILES string of the molecule is CCN(CC)C(=O)c1ccc(Nc2ncc(-c3ccc(C#N)c(O[C@@H](C)Cn4cnnn4)c3)cn2)c(OC)c1. The first-order chi connectivity index (χ1) is 18.9. The maximum absolute atomic E-state index is 12.7. The van der Waals surface area contributed by atoms with E-state index in [1.165, 1.54) is 6.33 Å². The highest BCUT2D eigenvalue weighted by molar-refractivity contribution is 5.95. The third-order valence-electron chi connectivity index (χ3n) is 6.00. The number of aromatic nitrogens is 6. The summed E-state index contributed by atoms with van der Waals surface area (Å²) in [5.41, 5.74) is 3.13. The second kappa shape index (κ2) is 12.5. The number of carbonyl (C=O) groups excluding carboxylic acids is 1. The van der Waals surface area contributed by atoms with Gasteiger partial charge >= 0.3 is 0 Å². The van der Waals surface area contributed by atoms with Gasteiger partial charge in [-0.25, -0.2) is 14.6 Å². The first-order valence-electron chi connectivity index (χ1n) is 12.4. The topological polar surface area (TPSA) is 144 Å². The number of rotatable bonds is 11. The Morgan fingerprint density at radius 3 is 2.51 bits per heavy atom. The fourth-order valence-electron chi connectivity index (χ4n) is 3.96. The minimum Gasteiger partial charge on any atom is -0.495 e. The van der Waals surface area contributed by atoms with Crippen molar-refractivity contribution in [3.63, 3.8) is 0 Å². The summed E-state index contributed by atoms with van der Waals surface area (Å²) < 4.78 is 13.1. The third kappa shape index (κ3) is 6.45. The first-order valence-corrected chi connectivity index (χ1v) is 12.4. The zero-order valence-electron chi connectivity index (χ0n) is 22.2. The largest absolute Gasteiger partial charge is 0.495 e. The molecule has 0 fully saturated rings. The van der Waals surface area contributed by atoms with E-state index in [2.05, 4.69) is 36.9 Å². The van der Waals surface area contributed by atoms with Crippen molar-refractivity contribution in [3.05, 3.63) is 66.2 Å². The molecule has 1 N–H and O–H groups in total. The number of hydrogen-bond donors (Lipinski definition) is 1. The number of benzene rings is 2. The van der Waals surface area contributed by atoms with Gasteiger partial charge in [0.25, 0.3) is 5.91 Å². The van der Waals surface area contributed by atoms with Crippen LogP contribution in [0.5, 0.6) is 11.5 Å². The van der Waals surface area contributed by atoms with E-state index in [0.717, 1.165) is 11.1 Å². The number of nitriles is 1. The van der Waals surface area contributed by atoms with Gasteiger partial charge in [-0.3, -0.25) is 4.79 Å². The highest BCUT2D eigenvalue weighted by Gasteiger charge is 2.16. The van der Waals surface area contributed by atoms with Gasteiger partial charge in [0.05, 0.1) is 24.9 Å². The molecule has 2 aromatic carbocycles. The Labute approximate surface area is 226 Å². The van der Waals surface area contributed by atoms with Gasteiger partial charge in [-0.2, -0.15) is 5.26 Å². The molecule has 0 saturated heterocycles. The Balaban J connectivity index is 1.49. The van der Waals surface area contributed by atoms with Crippen LogP contribution in [0.4, 0.5) is 11.6 Å². The number of nitrogens with zero attached hydrogens (tertiary/aromatic N) is 8. The van der Waals surface area contributed by atoms with Crippen molar-refractivity contribution in [2.75, 3.05) is 25.5 Å². The molecule has 2 heterocycles. The number of tetrazole rings is 1. The van der Waals surface area contributed by atoms with E-state index >= 15 is 0 Å². The summed E-state index contributed by atoms with van der Waals surface area (Å²) in [4.78, 5) is 23.3. The van der Waals surface area contributed by atoms with E-state index in [9.17, 15) is 10.1 Å². The molecule has 1 atom stereocenters. The lowest BCUT2D eigenvalue weighted by atomic mass is 10.1. The van der Waals surface area contributed by atoms with Crippen molar-refractivity contribution < 1.29 is 14.3 Å².